The third kappa shape index (κ3) is 3.48. The number of amides is 2. The van der Waals surface area contributed by atoms with Crippen molar-refractivity contribution in [1.82, 2.24) is 10.9 Å². The number of carbonyl (C=O) groups excluding carboxylic acids is 2. The molecule has 24 heavy (non-hydrogen) atoms. The zero-order chi connectivity index (χ0) is 18.0. The molecule has 0 radical (unpaired) electrons. The molecule has 0 atom stereocenters. The van der Waals surface area contributed by atoms with Crippen LogP contribution in [0.2, 0.25) is 0 Å². The highest BCUT2D eigenvalue weighted by molar-refractivity contribution is 6.01. The van der Waals surface area contributed by atoms with Crippen molar-refractivity contribution in [3.63, 3.8) is 0 Å². The molecular formula is C18H20N2O4. The zero-order valence-electron chi connectivity index (χ0n) is 14.0. The van der Waals surface area contributed by atoms with E-state index in [0.29, 0.717) is 0 Å². The van der Waals surface area contributed by atoms with Crippen LogP contribution in [0.1, 0.15) is 43.0 Å². The van der Waals surface area contributed by atoms with Crippen molar-refractivity contribution >= 4 is 11.8 Å². The van der Waals surface area contributed by atoms with Crippen LogP contribution in [0.5, 0.6) is 11.5 Å². The SMILES string of the molecule is Cc1cc(O)c(C(=O)NNC(=O)c2cc(C)c(C)cc2O)cc1C. The minimum Gasteiger partial charge on any atom is -0.507 e. The van der Waals surface area contributed by atoms with E-state index in [9.17, 15) is 19.8 Å². The first-order valence-electron chi connectivity index (χ1n) is 7.41. The molecular weight excluding hydrogens is 308 g/mol. The summed E-state index contributed by atoms with van der Waals surface area (Å²) < 4.78 is 0. The minimum absolute atomic E-state index is 0.0581. The van der Waals surface area contributed by atoms with Crippen molar-refractivity contribution in [2.24, 2.45) is 0 Å². The van der Waals surface area contributed by atoms with Gasteiger partial charge < -0.3 is 10.2 Å². The van der Waals surface area contributed by atoms with Crippen molar-refractivity contribution in [2.75, 3.05) is 0 Å². The second-order valence-corrected chi connectivity index (χ2v) is 5.82. The van der Waals surface area contributed by atoms with E-state index in [1.807, 2.05) is 27.7 Å². The van der Waals surface area contributed by atoms with Crippen molar-refractivity contribution in [3.05, 3.63) is 57.6 Å². The predicted octanol–water partition coefficient (Wildman–Crippen LogP) is 2.41. The molecule has 0 unspecified atom stereocenters. The Hall–Kier alpha value is -3.02. The van der Waals surface area contributed by atoms with Gasteiger partial charge in [-0.25, -0.2) is 0 Å². The van der Waals surface area contributed by atoms with Gasteiger partial charge in [0.05, 0.1) is 11.1 Å². The number of benzene rings is 2. The Labute approximate surface area is 140 Å². The van der Waals surface area contributed by atoms with Crippen LogP contribution in [0.25, 0.3) is 0 Å². The largest absolute Gasteiger partial charge is 0.507 e. The van der Waals surface area contributed by atoms with Gasteiger partial charge in [0.15, 0.2) is 0 Å². The van der Waals surface area contributed by atoms with Crippen LogP contribution in [0, 0.1) is 27.7 Å². The number of nitrogens with one attached hydrogen (secondary N) is 2. The van der Waals surface area contributed by atoms with Gasteiger partial charge in [0.2, 0.25) is 0 Å². The van der Waals surface area contributed by atoms with E-state index in [0.717, 1.165) is 22.3 Å². The highest BCUT2D eigenvalue weighted by Crippen LogP contribution is 2.23. The molecule has 4 N–H and O–H groups in total. The molecule has 6 heteroatoms. The maximum Gasteiger partial charge on any atom is 0.273 e. The lowest BCUT2D eigenvalue weighted by molar-refractivity contribution is 0.0843. The van der Waals surface area contributed by atoms with E-state index in [1.54, 1.807) is 12.1 Å². The molecule has 6 nitrogen and oxygen atoms in total. The number of hydrogen-bond donors (Lipinski definition) is 4. The van der Waals surface area contributed by atoms with E-state index in [1.165, 1.54) is 12.1 Å². The van der Waals surface area contributed by atoms with Gasteiger partial charge >= 0.3 is 0 Å². The number of phenolic OH excluding ortho intramolecular Hbond substituents is 2. The molecule has 0 fully saturated rings. The number of rotatable bonds is 2. The zero-order valence-corrected chi connectivity index (χ0v) is 14.0. The van der Waals surface area contributed by atoms with E-state index in [2.05, 4.69) is 10.9 Å². The van der Waals surface area contributed by atoms with Crippen LogP contribution in [0.3, 0.4) is 0 Å². The standard InChI is InChI=1S/C18H20N2O4/c1-9-5-13(15(21)7-11(9)3)17(23)19-20-18(24)14-6-10(2)12(4)8-16(14)22/h5-8,21-22H,1-4H3,(H,19,23)(H,20,24). The van der Waals surface area contributed by atoms with Crippen LogP contribution in [-0.4, -0.2) is 22.0 Å². The van der Waals surface area contributed by atoms with Crippen molar-refractivity contribution in [2.45, 2.75) is 27.7 Å². The fourth-order valence-electron chi connectivity index (χ4n) is 2.21. The van der Waals surface area contributed by atoms with Gasteiger partial charge in [-0.15, -0.1) is 0 Å². The predicted molar refractivity (Wildman–Crippen MR) is 90.1 cm³/mol. The van der Waals surface area contributed by atoms with Gasteiger partial charge in [0.1, 0.15) is 11.5 Å². The summed E-state index contributed by atoms with van der Waals surface area (Å²) in [6.45, 7) is 7.27. The smallest absolute Gasteiger partial charge is 0.273 e. The summed E-state index contributed by atoms with van der Waals surface area (Å²) in [5.41, 5.74) is 7.99. The number of hydrogen-bond acceptors (Lipinski definition) is 4. The third-order valence-corrected chi connectivity index (χ3v) is 4.00. The lowest BCUT2D eigenvalue weighted by Crippen LogP contribution is -2.41. The molecule has 2 amide bonds. The molecule has 2 rings (SSSR count). The first-order chi connectivity index (χ1) is 11.2. The van der Waals surface area contributed by atoms with Gasteiger partial charge in [-0.05, 0) is 74.2 Å². The molecule has 126 valence electrons. The van der Waals surface area contributed by atoms with Crippen LogP contribution < -0.4 is 10.9 Å². The Morgan fingerprint density at radius 3 is 1.29 bits per heavy atom. The van der Waals surface area contributed by atoms with Gasteiger partial charge in [-0.1, -0.05) is 0 Å². The van der Waals surface area contributed by atoms with Crippen molar-refractivity contribution in [3.8, 4) is 11.5 Å². The van der Waals surface area contributed by atoms with E-state index in [-0.39, 0.29) is 22.6 Å². The Kier molecular flexibility index (Phi) is 4.78. The minimum atomic E-state index is -0.646. The van der Waals surface area contributed by atoms with Gasteiger partial charge in [-0.3, -0.25) is 20.4 Å². The summed E-state index contributed by atoms with van der Waals surface area (Å²) in [7, 11) is 0. The highest BCUT2D eigenvalue weighted by atomic mass is 16.3. The Balaban J connectivity index is 2.13. The molecule has 0 saturated heterocycles. The third-order valence-electron chi connectivity index (χ3n) is 4.00. The summed E-state index contributed by atoms with van der Waals surface area (Å²) in [4.78, 5) is 24.2. The molecule has 0 aliphatic rings. The Bertz CT molecular complexity index is 759. The van der Waals surface area contributed by atoms with Crippen LogP contribution in [-0.2, 0) is 0 Å². The fourth-order valence-corrected chi connectivity index (χ4v) is 2.21. The summed E-state index contributed by atoms with van der Waals surface area (Å²) in [5.74, 6) is -1.63. The normalized spacial score (nSPS) is 10.3. The molecule has 0 bridgehead atoms. The first-order valence-corrected chi connectivity index (χ1v) is 7.41. The molecule has 0 aliphatic carbocycles. The van der Waals surface area contributed by atoms with Crippen LogP contribution >= 0.6 is 0 Å². The van der Waals surface area contributed by atoms with Gasteiger partial charge in [-0.2, -0.15) is 0 Å². The monoisotopic (exact) mass is 328 g/mol. The second kappa shape index (κ2) is 6.62. The van der Waals surface area contributed by atoms with Gasteiger partial charge in [0.25, 0.3) is 11.8 Å². The van der Waals surface area contributed by atoms with Crippen molar-refractivity contribution < 1.29 is 19.8 Å². The summed E-state index contributed by atoms with van der Waals surface area (Å²) >= 11 is 0. The van der Waals surface area contributed by atoms with E-state index >= 15 is 0 Å². The first kappa shape index (κ1) is 17.3. The molecule has 0 heterocycles. The number of phenols is 2. The molecule has 2 aromatic carbocycles. The van der Waals surface area contributed by atoms with Crippen molar-refractivity contribution in [1.29, 1.82) is 0 Å². The van der Waals surface area contributed by atoms with Crippen LogP contribution in [0.15, 0.2) is 24.3 Å². The van der Waals surface area contributed by atoms with Gasteiger partial charge in [0, 0.05) is 0 Å². The number of aromatic hydroxyl groups is 2. The second-order valence-electron chi connectivity index (χ2n) is 5.82. The maximum absolute atomic E-state index is 12.1. The highest BCUT2D eigenvalue weighted by Gasteiger charge is 2.16. The average Bonchev–Trinajstić information content (AvgIpc) is 2.51. The quantitative estimate of drug-likeness (QED) is 0.636. The average molecular weight is 328 g/mol. The van der Waals surface area contributed by atoms with Crippen LogP contribution in [0.4, 0.5) is 0 Å². The number of hydrazine groups is 1. The molecule has 0 saturated carbocycles. The molecule has 0 spiro atoms. The Morgan fingerprint density at radius 1 is 0.667 bits per heavy atom. The fraction of sp³-hybridized carbons (Fsp3) is 0.222. The summed E-state index contributed by atoms with van der Waals surface area (Å²) in [6, 6.07) is 6.06. The van der Waals surface area contributed by atoms with E-state index in [4.69, 9.17) is 0 Å². The lowest BCUT2D eigenvalue weighted by Gasteiger charge is -2.12. The number of carbonyl (C=O) groups is 2. The summed E-state index contributed by atoms with van der Waals surface area (Å²) in [6.07, 6.45) is 0. The maximum atomic E-state index is 12.1. The Morgan fingerprint density at radius 2 is 0.958 bits per heavy atom. The topological polar surface area (TPSA) is 98.7 Å². The number of aryl methyl sites for hydroxylation is 4. The van der Waals surface area contributed by atoms with E-state index < -0.39 is 11.8 Å². The lowest BCUT2D eigenvalue weighted by atomic mass is 10.0. The molecule has 0 aliphatic heterocycles. The molecule has 0 aromatic heterocycles. The summed E-state index contributed by atoms with van der Waals surface area (Å²) in [5, 5.41) is 19.7. The molecule has 2 aromatic rings.